The van der Waals surface area contributed by atoms with Crippen molar-refractivity contribution < 1.29 is 14.3 Å². The van der Waals surface area contributed by atoms with Crippen LogP contribution in [0.3, 0.4) is 0 Å². The zero-order chi connectivity index (χ0) is 26.2. The molecule has 7 heteroatoms. The molecule has 1 atom stereocenters. The number of ether oxygens (including phenoxy) is 2. The van der Waals surface area contributed by atoms with Gasteiger partial charge >= 0.3 is 0 Å². The van der Waals surface area contributed by atoms with Crippen LogP contribution in [0.4, 0.5) is 5.69 Å². The number of nitrogens with two attached hydrogens (primary N) is 1. The van der Waals surface area contributed by atoms with Gasteiger partial charge in [0.2, 0.25) is 5.91 Å². The molecule has 0 aliphatic rings. The lowest BCUT2D eigenvalue weighted by Gasteiger charge is -2.32. The minimum atomic E-state index is -0.791. The Balaban J connectivity index is 1.68. The number of nitriles is 1. The molecule has 0 aliphatic heterocycles. The van der Waals surface area contributed by atoms with E-state index in [1.165, 1.54) is 0 Å². The highest BCUT2D eigenvalue weighted by Gasteiger charge is 2.28. The standard InChI is InChI=1S/C30H26BrN3O3/c1-36-28-17-24(12-15-27(28)37-20-23-8-5-9-25(31)16-23)29(30(33)35)34(19-22-6-3-2-4-7-22)26-13-10-21(18-32)11-14-26/h2-17,29H,19-20H2,1H3,(H2,33,35). The molecular formula is C30H26BrN3O3. The highest BCUT2D eigenvalue weighted by Crippen LogP contribution is 2.35. The Morgan fingerprint density at radius 3 is 2.32 bits per heavy atom. The Kier molecular flexibility index (Phi) is 8.44. The van der Waals surface area contributed by atoms with Crippen molar-refractivity contribution in [3.63, 3.8) is 0 Å². The summed E-state index contributed by atoms with van der Waals surface area (Å²) in [6.07, 6.45) is 0. The van der Waals surface area contributed by atoms with Crippen LogP contribution in [0.1, 0.15) is 28.3 Å². The van der Waals surface area contributed by atoms with E-state index in [9.17, 15) is 10.1 Å². The first-order chi connectivity index (χ1) is 18.0. The van der Waals surface area contributed by atoms with Crippen molar-refractivity contribution in [1.29, 1.82) is 5.26 Å². The Morgan fingerprint density at radius 2 is 1.68 bits per heavy atom. The van der Waals surface area contributed by atoms with Gasteiger partial charge in [-0.3, -0.25) is 4.79 Å². The van der Waals surface area contributed by atoms with E-state index in [1.54, 1.807) is 31.4 Å². The minimum absolute atomic E-state index is 0.361. The van der Waals surface area contributed by atoms with Crippen LogP contribution in [-0.2, 0) is 17.9 Å². The number of rotatable bonds is 10. The fourth-order valence-electron chi connectivity index (χ4n) is 4.10. The molecule has 4 rings (SSSR count). The number of halogens is 1. The summed E-state index contributed by atoms with van der Waals surface area (Å²) < 4.78 is 12.6. The molecule has 0 bridgehead atoms. The van der Waals surface area contributed by atoms with E-state index in [-0.39, 0.29) is 0 Å². The largest absolute Gasteiger partial charge is 0.493 e. The molecule has 0 fully saturated rings. The first-order valence-electron chi connectivity index (χ1n) is 11.6. The monoisotopic (exact) mass is 555 g/mol. The molecule has 186 valence electrons. The van der Waals surface area contributed by atoms with Crippen LogP contribution in [0, 0.1) is 11.3 Å². The molecular weight excluding hydrogens is 530 g/mol. The predicted octanol–water partition coefficient (Wildman–Crippen LogP) is 6.14. The van der Waals surface area contributed by atoms with Crippen molar-refractivity contribution in [3.05, 3.63) is 124 Å². The molecule has 1 amide bonds. The lowest BCUT2D eigenvalue weighted by atomic mass is 10.0. The summed E-state index contributed by atoms with van der Waals surface area (Å²) in [5.41, 5.74) is 9.97. The zero-order valence-corrected chi connectivity index (χ0v) is 21.9. The van der Waals surface area contributed by atoms with Crippen molar-refractivity contribution in [2.75, 3.05) is 12.0 Å². The summed E-state index contributed by atoms with van der Waals surface area (Å²) in [7, 11) is 1.56. The van der Waals surface area contributed by atoms with E-state index in [4.69, 9.17) is 15.2 Å². The lowest BCUT2D eigenvalue weighted by molar-refractivity contribution is -0.119. The number of amides is 1. The van der Waals surface area contributed by atoms with E-state index >= 15 is 0 Å². The van der Waals surface area contributed by atoms with Gasteiger partial charge in [0, 0.05) is 16.7 Å². The topological polar surface area (TPSA) is 88.6 Å². The second-order valence-electron chi connectivity index (χ2n) is 8.41. The Morgan fingerprint density at radius 1 is 0.946 bits per heavy atom. The molecule has 0 aliphatic carbocycles. The highest BCUT2D eigenvalue weighted by molar-refractivity contribution is 9.10. The van der Waals surface area contributed by atoms with E-state index < -0.39 is 11.9 Å². The smallest absolute Gasteiger partial charge is 0.244 e. The van der Waals surface area contributed by atoms with Crippen molar-refractivity contribution in [3.8, 4) is 17.6 Å². The average Bonchev–Trinajstić information content (AvgIpc) is 2.92. The van der Waals surface area contributed by atoms with Gasteiger partial charge in [0.15, 0.2) is 11.5 Å². The maximum Gasteiger partial charge on any atom is 0.244 e. The fraction of sp³-hybridized carbons (Fsp3) is 0.133. The highest BCUT2D eigenvalue weighted by atomic mass is 79.9. The van der Waals surface area contributed by atoms with E-state index in [0.717, 1.165) is 21.3 Å². The molecule has 6 nitrogen and oxygen atoms in total. The van der Waals surface area contributed by atoms with Crippen LogP contribution >= 0.6 is 15.9 Å². The van der Waals surface area contributed by atoms with Gasteiger partial charge in [-0.15, -0.1) is 0 Å². The summed E-state index contributed by atoms with van der Waals surface area (Å²) in [5, 5.41) is 9.23. The van der Waals surface area contributed by atoms with Crippen LogP contribution in [-0.4, -0.2) is 13.0 Å². The Bertz CT molecular complexity index is 1400. The molecule has 37 heavy (non-hydrogen) atoms. The SMILES string of the molecule is COc1cc(C(C(N)=O)N(Cc2ccccc2)c2ccc(C#N)cc2)ccc1OCc1cccc(Br)c1. The van der Waals surface area contributed by atoms with Crippen molar-refractivity contribution in [1.82, 2.24) is 0 Å². The number of carbonyl (C=O) groups is 1. The van der Waals surface area contributed by atoms with Crippen molar-refractivity contribution in [2.24, 2.45) is 5.73 Å². The number of nitrogens with zero attached hydrogens (tertiary/aromatic N) is 2. The first-order valence-corrected chi connectivity index (χ1v) is 12.4. The second-order valence-corrected chi connectivity index (χ2v) is 9.32. The van der Waals surface area contributed by atoms with Gasteiger partial charge in [0.05, 0.1) is 18.7 Å². The van der Waals surface area contributed by atoms with Gasteiger partial charge in [0.25, 0.3) is 0 Å². The summed E-state index contributed by atoms with van der Waals surface area (Å²) in [6.45, 7) is 0.795. The van der Waals surface area contributed by atoms with Gasteiger partial charge < -0.3 is 20.1 Å². The molecule has 1 unspecified atom stereocenters. The van der Waals surface area contributed by atoms with Crippen LogP contribution in [0.2, 0.25) is 0 Å². The summed E-state index contributed by atoms with van der Waals surface area (Å²) in [6, 6.07) is 31.6. The fourth-order valence-corrected chi connectivity index (χ4v) is 4.54. The molecule has 4 aromatic carbocycles. The Labute approximate surface area is 225 Å². The Hall–Kier alpha value is -4.28. The molecule has 0 saturated heterocycles. The van der Waals surface area contributed by atoms with Gasteiger partial charge in [-0.05, 0) is 65.2 Å². The quantitative estimate of drug-likeness (QED) is 0.254. The molecule has 0 radical (unpaired) electrons. The molecule has 0 saturated carbocycles. The lowest BCUT2D eigenvalue weighted by Crippen LogP contribution is -2.37. The maximum atomic E-state index is 12.9. The normalized spacial score (nSPS) is 11.3. The number of anilines is 1. The third-order valence-corrected chi connectivity index (χ3v) is 6.39. The van der Waals surface area contributed by atoms with Crippen LogP contribution in [0.5, 0.6) is 11.5 Å². The molecule has 0 aromatic heterocycles. The summed E-state index contributed by atoms with van der Waals surface area (Å²) in [4.78, 5) is 14.8. The predicted molar refractivity (Wildman–Crippen MR) is 147 cm³/mol. The van der Waals surface area contributed by atoms with E-state index in [0.29, 0.717) is 35.8 Å². The van der Waals surface area contributed by atoms with E-state index in [2.05, 4.69) is 22.0 Å². The second kappa shape index (κ2) is 12.1. The van der Waals surface area contributed by atoms with E-state index in [1.807, 2.05) is 77.7 Å². The first kappa shape index (κ1) is 25.8. The number of hydrogen-bond donors (Lipinski definition) is 1. The zero-order valence-electron chi connectivity index (χ0n) is 20.3. The third-order valence-electron chi connectivity index (χ3n) is 5.89. The summed E-state index contributed by atoms with van der Waals surface area (Å²) in [5.74, 6) is 0.547. The number of hydrogen-bond acceptors (Lipinski definition) is 5. The van der Waals surface area contributed by atoms with Gasteiger partial charge in [0.1, 0.15) is 12.6 Å². The molecule has 0 spiro atoms. The molecule has 2 N–H and O–H groups in total. The van der Waals surface area contributed by atoms with Crippen LogP contribution in [0.25, 0.3) is 0 Å². The van der Waals surface area contributed by atoms with Gasteiger partial charge in [-0.2, -0.15) is 5.26 Å². The van der Waals surface area contributed by atoms with Crippen molar-refractivity contribution in [2.45, 2.75) is 19.2 Å². The van der Waals surface area contributed by atoms with Crippen LogP contribution in [0.15, 0.2) is 102 Å². The minimum Gasteiger partial charge on any atom is -0.493 e. The average molecular weight is 556 g/mol. The van der Waals surface area contributed by atoms with Gasteiger partial charge in [-0.1, -0.05) is 64.5 Å². The van der Waals surface area contributed by atoms with Crippen molar-refractivity contribution >= 4 is 27.5 Å². The van der Waals surface area contributed by atoms with Crippen LogP contribution < -0.4 is 20.1 Å². The number of carbonyl (C=O) groups excluding carboxylic acids is 1. The summed E-state index contributed by atoms with van der Waals surface area (Å²) >= 11 is 3.48. The number of methoxy groups -OCH3 is 1. The van der Waals surface area contributed by atoms with Gasteiger partial charge in [-0.25, -0.2) is 0 Å². The maximum absolute atomic E-state index is 12.9. The molecule has 0 heterocycles. The molecule has 4 aromatic rings. The number of primary amides is 1. The third kappa shape index (κ3) is 6.49. The number of benzene rings is 4.